The SMILES string of the molecule is C[C@@H]1NC(=O)[C@@H](C)CCCC[C@@H](C(N)=O)NC(=O)[C@H](CCCN=C(N)N)CC(=O)[C@H](Cc2c[nH]c3ccccc23)NC1=O. The highest BCUT2D eigenvalue weighted by Gasteiger charge is 2.31. The number of H-pyrrole nitrogens is 1. The Kier molecular flexibility index (Phi) is 12.1. The second kappa shape index (κ2) is 15.7. The van der Waals surface area contributed by atoms with Crippen molar-refractivity contribution in [3.05, 3.63) is 36.0 Å². The lowest BCUT2D eigenvalue weighted by Gasteiger charge is -2.24. The van der Waals surface area contributed by atoms with Crippen molar-refractivity contribution < 1.29 is 24.0 Å². The van der Waals surface area contributed by atoms with E-state index in [0.717, 1.165) is 16.5 Å². The first kappa shape index (κ1) is 33.1. The van der Waals surface area contributed by atoms with Crippen LogP contribution in [-0.2, 0) is 30.4 Å². The number of nitrogens with two attached hydrogens (primary N) is 3. The van der Waals surface area contributed by atoms with Gasteiger partial charge >= 0.3 is 0 Å². The second-order valence-corrected chi connectivity index (χ2v) is 11.3. The van der Waals surface area contributed by atoms with E-state index < -0.39 is 41.8 Å². The van der Waals surface area contributed by atoms with Gasteiger partial charge in [-0.2, -0.15) is 0 Å². The molecule has 3 rings (SSSR count). The number of primary amides is 1. The number of para-hydroxylation sites is 1. The van der Waals surface area contributed by atoms with Gasteiger partial charge in [0, 0.05) is 48.3 Å². The molecule has 1 aromatic carbocycles. The molecule has 0 unspecified atom stereocenters. The Morgan fingerprint density at radius 3 is 2.37 bits per heavy atom. The van der Waals surface area contributed by atoms with Crippen LogP contribution in [0.2, 0.25) is 0 Å². The standard InChI is InChI=1S/C30H44N8O5/c1-17-8-3-5-12-23(26(31)40)37-29(43)19(9-7-13-34-30(32)33)15-25(39)24(38-28(42)18(2)36-27(17)41)14-20-16-35-22-11-6-4-10-21(20)22/h4,6,10-11,16-19,23-24,35H,3,5,7-9,12-15H2,1-2H3,(H2,31,40)(H,36,41)(H,37,43)(H,38,42)(H4,32,33,34)/t17-,18-,19+,23-,24-/m0/s1. The van der Waals surface area contributed by atoms with Crippen molar-refractivity contribution >= 4 is 46.3 Å². The molecular weight excluding hydrogens is 552 g/mol. The highest BCUT2D eigenvalue weighted by Crippen LogP contribution is 2.22. The van der Waals surface area contributed by atoms with E-state index in [4.69, 9.17) is 17.2 Å². The predicted molar refractivity (Wildman–Crippen MR) is 163 cm³/mol. The predicted octanol–water partition coefficient (Wildman–Crippen LogP) is 0.509. The summed E-state index contributed by atoms with van der Waals surface area (Å²) < 4.78 is 0. The molecule has 1 fully saturated rings. The van der Waals surface area contributed by atoms with Crippen LogP contribution in [0.3, 0.4) is 0 Å². The number of amides is 4. The number of aromatic amines is 1. The second-order valence-electron chi connectivity index (χ2n) is 11.3. The number of benzene rings is 1. The quantitative estimate of drug-likeness (QED) is 0.136. The Bertz CT molecular complexity index is 1330. The van der Waals surface area contributed by atoms with Crippen molar-refractivity contribution in [3.63, 3.8) is 0 Å². The number of Topliss-reactive ketones (excluding diaryl/α,β-unsaturated/α-hetero) is 1. The number of rotatable bonds is 7. The first-order valence-corrected chi connectivity index (χ1v) is 14.8. The van der Waals surface area contributed by atoms with Gasteiger partial charge in [-0.15, -0.1) is 0 Å². The molecule has 43 heavy (non-hydrogen) atoms. The molecule has 1 aliphatic heterocycles. The average Bonchev–Trinajstić information content (AvgIpc) is 3.37. The lowest BCUT2D eigenvalue weighted by Crippen LogP contribution is -2.52. The van der Waals surface area contributed by atoms with E-state index in [9.17, 15) is 24.0 Å². The zero-order valence-corrected chi connectivity index (χ0v) is 24.9. The summed E-state index contributed by atoms with van der Waals surface area (Å²) >= 11 is 0. The van der Waals surface area contributed by atoms with Crippen molar-refractivity contribution in [2.45, 2.75) is 83.3 Å². The molecule has 13 heteroatoms. The smallest absolute Gasteiger partial charge is 0.242 e. The third-order valence-electron chi connectivity index (χ3n) is 7.87. The molecule has 0 spiro atoms. The molecule has 0 bridgehead atoms. The Hall–Kier alpha value is -4.42. The maximum Gasteiger partial charge on any atom is 0.242 e. The number of nitrogens with zero attached hydrogens (tertiary/aromatic N) is 1. The molecule has 2 aromatic rings. The van der Waals surface area contributed by atoms with Gasteiger partial charge in [-0.25, -0.2) is 0 Å². The first-order chi connectivity index (χ1) is 20.5. The van der Waals surface area contributed by atoms with E-state index in [2.05, 4.69) is 25.9 Å². The fourth-order valence-electron chi connectivity index (χ4n) is 5.25. The van der Waals surface area contributed by atoms with E-state index in [1.807, 2.05) is 24.3 Å². The number of aliphatic imine (C=N–C) groups is 1. The molecule has 1 aliphatic rings. The van der Waals surface area contributed by atoms with Crippen LogP contribution in [0.1, 0.15) is 64.4 Å². The van der Waals surface area contributed by atoms with Gasteiger partial charge in [-0.3, -0.25) is 29.0 Å². The molecule has 13 nitrogen and oxygen atoms in total. The Balaban J connectivity index is 1.93. The minimum atomic E-state index is -0.987. The van der Waals surface area contributed by atoms with Crippen LogP contribution in [0.4, 0.5) is 0 Å². The number of guanidine groups is 1. The van der Waals surface area contributed by atoms with Gasteiger partial charge in [0.2, 0.25) is 23.6 Å². The summed E-state index contributed by atoms with van der Waals surface area (Å²) in [5.41, 5.74) is 18.2. The normalized spacial score (nSPS) is 24.8. The van der Waals surface area contributed by atoms with Gasteiger partial charge in [0.25, 0.3) is 0 Å². The van der Waals surface area contributed by atoms with Crippen molar-refractivity contribution in [1.29, 1.82) is 0 Å². The molecule has 1 aromatic heterocycles. The molecule has 1 saturated heterocycles. The van der Waals surface area contributed by atoms with Gasteiger partial charge in [0.15, 0.2) is 11.7 Å². The zero-order valence-electron chi connectivity index (χ0n) is 24.9. The molecule has 234 valence electrons. The van der Waals surface area contributed by atoms with Crippen LogP contribution in [-0.4, -0.2) is 65.0 Å². The Morgan fingerprint density at radius 1 is 0.930 bits per heavy atom. The summed E-state index contributed by atoms with van der Waals surface area (Å²) in [4.78, 5) is 72.7. The Labute approximate surface area is 251 Å². The summed E-state index contributed by atoms with van der Waals surface area (Å²) in [7, 11) is 0. The summed E-state index contributed by atoms with van der Waals surface area (Å²) in [6.07, 6.45) is 4.39. The van der Waals surface area contributed by atoms with Crippen LogP contribution in [0, 0.1) is 11.8 Å². The average molecular weight is 597 g/mol. The molecule has 0 saturated carbocycles. The molecule has 0 aliphatic carbocycles. The number of nitrogens with one attached hydrogen (secondary N) is 4. The minimum absolute atomic E-state index is 0.0831. The van der Waals surface area contributed by atoms with Gasteiger partial charge in [-0.1, -0.05) is 38.0 Å². The molecule has 5 atom stereocenters. The Morgan fingerprint density at radius 2 is 1.65 bits per heavy atom. The van der Waals surface area contributed by atoms with Gasteiger partial charge in [0.05, 0.1) is 6.04 Å². The number of hydrogen-bond acceptors (Lipinski definition) is 6. The van der Waals surface area contributed by atoms with Gasteiger partial charge in [0.1, 0.15) is 12.1 Å². The zero-order chi connectivity index (χ0) is 31.5. The van der Waals surface area contributed by atoms with Crippen molar-refractivity contribution in [1.82, 2.24) is 20.9 Å². The van der Waals surface area contributed by atoms with Crippen LogP contribution >= 0.6 is 0 Å². The van der Waals surface area contributed by atoms with Crippen LogP contribution in [0.25, 0.3) is 10.9 Å². The number of carbonyl (C=O) groups is 5. The van der Waals surface area contributed by atoms with Crippen molar-refractivity contribution in [3.8, 4) is 0 Å². The highest BCUT2D eigenvalue weighted by molar-refractivity contribution is 5.96. The number of aromatic nitrogens is 1. The number of ketones is 1. The summed E-state index contributed by atoms with van der Waals surface area (Å²) in [5.74, 6) is -3.61. The van der Waals surface area contributed by atoms with Crippen LogP contribution < -0.4 is 33.2 Å². The fraction of sp³-hybridized carbons (Fsp3) is 0.533. The maximum absolute atomic E-state index is 13.9. The third-order valence-corrected chi connectivity index (χ3v) is 7.87. The molecule has 2 heterocycles. The molecule has 10 N–H and O–H groups in total. The van der Waals surface area contributed by atoms with Gasteiger partial charge in [-0.05, 0) is 44.2 Å². The van der Waals surface area contributed by atoms with Gasteiger partial charge < -0.3 is 38.1 Å². The van der Waals surface area contributed by atoms with Crippen molar-refractivity contribution in [2.24, 2.45) is 34.0 Å². The molecule has 4 amide bonds. The van der Waals surface area contributed by atoms with Crippen LogP contribution in [0.15, 0.2) is 35.5 Å². The fourth-order valence-corrected chi connectivity index (χ4v) is 5.25. The first-order valence-electron chi connectivity index (χ1n) is 14.8. The topological polar surface area (TPSA) is 228 Å². The van der Waals surface area contributed by atoms with E-state index in [1.54, 1.807) is 20.0 Å². The summed E-state index contributed by atoms with van der Waals surface area (Å²) in [6.45, 7) is 3.58. The van der Waals surface area contributed by atoms with E-state index >= 15 is 0 Å². The number of carbonyl (C=O) groups excluding carboxylic acids is 5. The van der Waals surface area contributed by atoms with E-state index in [-0.39, 0.29) is 49.4 Å². The van der Waals surface area contributed by atoms with Crippen LogP contribution in [0.5, 0.6) is 0 Å². The van der Waals surface area contributed by atoms with E-state index in [1.165, 1.54) is 0 Å². The lowest BCUT2D eigenvalue weighted by molar-refractivity contribution is -0.134. The lowest BCUT2D eigenvalue weighted by atomic mass is 9.90. The molecular formula is C30H44N8O5. The van der Waals surface area contributed by atoms with Crippen molar-refractivity contribution in [2.75, 3.05) is 6.54 Å². The van der Waals surface area contributed by atoms with E-state index in [0.29, 0.717) is 32.1 Å². The number of fused-ring (bicyclic) bond motifs is 1. The monoisotopic (exact) mass is 596 g/mol. The summed E-state index contributed by atoms with van der Waals surface area (Å²) in [6, 6.07) is 4.80. The minimum Gasteiger partial charge on any atom is -0.370 e. The highest BCUT2D eigenvalue weighted by atomic mass is 16.2. The largest absolute Gasteiger partial charge is 0.370 e. The third kappa shape index (κ3) is 9.83. The summed E-state index contributed by atoms with van der Waals surface area (Å²) in [5, 5.41) is 9.19. The maximum atomic E-state index is 13.9. The molecule has 0 radical (unpaired) electrons. The number of hydrogen-bond donors (Lipinski definition) is 7.